The summed E-state index contributed by atoms with van der Waals surface area (Å²) in [7, 11) is 0. The van der Waals surface area contributed by atoms with E-state index in [-0.39, 0.29) is 11.4 Å². The van der Waals surface area contributed by atoms with Crippen LogP contribution in [-0.2, 0) is 6.54 Å². The average Bonchev–Trinajstić information content (AvgIpc) is 2.76. The summed E-state index contributed by atoms with van der Waals surface area (Å²) < 4.78 is 1.96. The summed E-state index contributed by atoms with van der Waals surface area (Å²) in [5.74, 6) is 0.821. The number of fused-ring (bicyclic) bond motifs is 1. The van der Waals surface area contributed by atoms with Crippen molar-refractivity contribution < 1.29 is 4.79 Å². The predicted molar refractivity (Wildman–Crippen MR) is 74.9 cm³/mol. The van der Waals surface area contributed by atoms with Gasteiger partial charge in [-0.05, 0) is 17.5 Å². The normalized spacial score (nSPS) is 11.5. The highest BCUT2D eigenvalue weighted by atomic mass is 16.2. The van der Waals surface area contributed by atoms with Crippen molar-refractivity contribution in [3.05, 3.63) is 36.4 Å². The minimum atomic E-state index is -0.164. The predicted octanol–water partition coefficient (Wildman–Crippen LogP) is 2.18. The second-order valence-electron chi connectivity index (χ2n) is 5.77. The standard InChI is InChI=1S/C14H20N4O/c1-14(2,3)10-17-13(19)16-9-12-15-8-11-6-4-5-7-18(11)12/h4-8H,9-10H2,1-3H3,(H2,16,17,19). The van der Waals surface area contributed by atoms with E-state index in [1.165, 1.54) is 0 Å². The van der Waals surface area contributed by atoms with E-state index in [0.29, 0.717) is 13.1 Å². The fourth-order valence-corrected chi connectivity index (χ4v) is 1.70. The maximum atomic E-state index is 11.7. The van der Waals surface area contributed by atoms with Crippen LogP contribution < -0.4 is 10.6 Å². The Kier molecular flexibility index (Phi) is 3.74. The molecule has 0 atom stereocenters. The molecule has 0 aliphatic carbocycles. The fraction of sp³-hybridized carbons (Fsp3) is 0.429. The van der Waals surface area contributed by atoms with Crippen molar-refractivity contribution >= 4 is 11.5 Å². The Balaban J connectivity index is 1.90. The molecule has 2 aromatic heterocycles. The summed E-state index contributed by atoms with van der Waals surface area (Å²) in [5, 5.41) is 5.66. The van der Waals surface area contributed by atoms with Gasteiger partial charge in [-0.2, -0.15) is 0 Å². The molecule has 0 aromatic carbocycles. The van der Waals surface area contributed by atoms with Crippen LogP contribution in [0.3, 0.4) is 0 Å². The molecule has 2 amide bonds. The molecular weight excluding hydrogens is 240 g/mol. The summed E-state index contributed by atoms with van der Waals surface area (Å²) >= 11 is 0. The number of rotatable bonds is 3. The lowest BCUT2D eigenvalue weighted by atomic mass is 9.97. The highest BCUT2D eigenvalue weighted by molar-refractivity contribution is 5.73. The summed E-state index contributed by atoms with van der Waals surface area (Å²) in [6.07, 6.45) is 3.73. The highest BCUT2D eigenvalue weighted by Crippen LogP contribution is 2.10. The van der Waals surface area contributed by atoms with Crippen LogP contribution in [0.5, 0.6) is 0 Å². The van der Waals surface area contributed by atoms with Crippen molar-refractivity contribution in [1.29, 1.82) is 0 Å². The molecule has 0 bridgehead atoms. The van der Waals surface area contributed by atoms with Gasteiger partial charge in [-0.15, -0.1) is 0 Å². The monoisotopic (exact) mass is 260 g/mol. The van der Waals surface area contributed by atoms with Crippen LogP contribution in [0.2, 0.25) is 0 Å². The quantitative estimate of drug-likeness (QED) is 0.888. The van der Waals surface area contributed by atoms with Gasteiger partial charge >= 0.3 is 6.03 Å². The van der Waals surface area contributed by atoms with E-state index in [9.17, 15) is 4.79 Å². The molecule has 5 nitrogen and oxygen atoms in total. The number of amides is 2. The van der Waals surface area contributed by atoms with E-state index < -0.39 is 0 Å². The number of nitrogens with one attached hydrogen (secondary N) is 2. The molecule has 0 saturated carbocycles. The molecule has 0 radical (unpaired) electrons. The lowest BCUT2D eigenvalue weighted by Crippen LogP contribution is -2.39. The average molecular weight is 260 g/mol. The van der Waals surface area contributed by atoms with Crippen LogP contribution in [0, 0.1) is 5.41 Å². The lowest BCUT2D eigenvalue weighted by Gasteiger charge is -2.18. The van der Waals surface area contributed by atoms with E-state index in [1.807, 2.05) is 28.8 Å². The zero-order valence-electron chi connectivity index (χ0n) is 11.6. The van der Waals surface area contributed by atoms with Gasteiger partial charge in [-0.3, -0.25) is 0 Å². The Morgan fingerprint density at radius 2 is 2.11 bits per heavy atom. The van der Waals surface area contributed by atoms with Crippen LogP contribution in [0.1, 0.15) is 26.6 Å². The largest absolute Gasteiger partial charge is 0.338 e. The van der Waals surface area contributed by atoms with Gasteiger partial charge in [0.05, 0.1) is 18.3 Å². The lowest BCUT2D eigenvalue weighted by molar-refractivity contribution is 0.235. The molecule has 2 heterocycles. The van der Waals surface area contributed by atoms with Crippen LogP contribution in [0.15, 0.2) is 30.6 Å². The van der Waals surface area contributed by atoms with Crippen molar-refractivity contribution in [3.8, 4) is 0 Å². The van der Waals surface area contributed by atoms with Gasteiger partial charge in [0.15, 0.2) is 0 Å². The van der Waals surface area contributed by atoms with E-state index in [2.05, 4.69) is 36.4 Å². The second kappa shape index (κ2) is 5.30. The third kappa shape index (κ3) is 3.71. The van der Waals surface area contributed by atoms with Gasteiger partial charge in [-0.1, -0.05) is 26.8 Å². The first-order valence-electron chi connectivity index (χ1n) is 6.38. The van der Waals surface area contributed by atoms with Gasteiger partial charge < -0.3 is 15.0 Å². The summed E-state index contributed by atoms with van der Waals surface area (Å²) in [6, 6.07) is 5.72. The Hall–Kier alpha value is -2.04. The Morgan fingerprint density at radius 1 is 1.32 bits per heavy atom. The van der Waals surface area contributed by atoms with Gasteiger partial charge in [0.25, 0.3) is 0 Å². The molecule has 0 fully saturated rings. The van der Waals surface area contributed by atoms with Crippen molar-refractivity contribution in [2.24, 2.45) is 5.41 Å². The van der Waals surface area contributed by atoms with Crippen molar-refractivity contribution in [1.82, 2.24) is 20.0 Å². The van der Waals surface area contributed by atoms with Crippen molar-refractivity contribution in [3.63, 3.8) is 0 Å². The number of nitrogens with zero attached hydrogens (tertiary/aromatic N) is 2. The van der Waals surface area contributed by atoms with Gasteiger partial charge in [0.2, 0.25) is 0 Å². The van der Waals surface area contributed by atoms with E-state index in [1.54, 1.807) is 6.20 Å². The number of hydrogen-bond acceptors (Lipinski definition) is 2. The Morgan fingerprint density at radius 3 is 2.84 bits per heavy atom. The first-order valence-corrected chi connectivity index (χ1v) is 6.38. The SMILES string of the molecule is CC(C)(C)CNC(=O)NCc1ncc2ccccn12. The molecule has 0 unspecified atom stereocenters. The maximum Gasteiger partial charge on any atom is 0.315 e. The van der Waals surface area contributed by atoms with Gasteiger partial charge in [0.1, 0.15) is 5.82 Å². The topological polar surface area (TPSA) is 58.4 Å². The van der Waals surface area contributed by atoms with Gasteiger partial charge in [0, 0.05) is 12.7 Å². The van der Waals surface area contributed by atoms with Crippen LogP contribution in [0.25, 0.3) is 5.52 Å². The Labute approximate surface area is 113 Å². The molecule has 2 aromatic rings. The first kappa shape index (κ1) is 13.4. The minimum Gasteiger partial charge on any atom is -0.338 e. The molecule has 2 N–H and O–H groups in total. The highest BCUT2D eigenvalue weighted by Gasteiger charge is 2.12. The number of urea groups is 1. The number of carbonyl (C=O) groups is 1. The summed E-state index contributed by atoms with van der Waals surface area (Å²) in [6.45, 7) is 7.29. The molecular formula is C14H20N4O. The van der Waals surface area contributed by atoms with E-state index in [4.69, 9.17) is 0 Å². The number of hydrogen-bond donors (Lipinski definition) is 2. The smallest absolute Gasteiger partial charge is 0.315 e. The Bertz CT molecular complexity index is 568. The minimum absolute atomic E-state index is 0.0807. The van der Waals surface area contributed by atoms with E-state index >= 15 is 0 Å². The zero-order valence-corrected chi connectivity index (χ0v) is 11.6. The van der Waals surface area contributed by atoms with Crippen molar-refractivity contribution in [2.45, 2.75) is 27.3 Å². The maximum absolute atomic E-state index is 11.7. The molecule has 19 heavy (non-hydrogen) atoms. The van der Waals surface area contributed by atoms with Crippen LogP contribution >= 0.6 is 0 Å². The molecule has 0 aliphatic rings. The molecule has 0 saturated heterocycles. The zero-order chi connectivity index (χ0) is 13.9. The molecule has 2 rings (SSSR count). The van der Waals surface area contributed by atoms with Crippen LogP contribution in [-0.4, -0.2) is 22.0 Å². The molecule has 0 aliphatic heterocycles. The summed E-state index contributed by atoms with van der Waals surface area (Å²) in [4.78, 5) is 16.0. The van der Waals surface area contributed by atoms with Gasteiger partial charge in [-0.25, -0.2) is 9.78 Å². The fourth-order valence-electron chi connectivity index (χ4n) is 1.70. The number of imidazole rings is 1. The van der Waals surface area contributed by atoms with Crippen LogP contribution in [0.4, 0.5) is 4.79 Å². The third-order valence-corrected chi connectivity index (χ3v) is 2.70. The van der Waals surface area contributed by atoms with E-state index in [0.717, 1.165) is 11.3 Å². The third-order valence-electron chi connectivity index (χ3n) is 2.70. The second-order valence-corrected chi connectivity index (χ2v) is 5.77. The van der Waals surface area contributed by atoms with Crippen molar-refractivity contribution in [2.75, 3.05) is 6.54 Å². The molecule has 0 spiro atoms. The number of pyridine rings is 1. The summed E-state index contributed by atoms with van der Waals surface area (Å²) in [5.41, 5.74) is 1.10. The molecule has 5 heteroatoms. The molecule has 102 valence electrons. The number of aromatic nitrogens is 2. The number of carbonyl (C=O) groups excluding carboxylic acids is 1. The first-order chi connectivity index (χ1) is 8.96.